The third-order valence-electron chi connectivity index (χ3n) is 4.82. The van der Waals surface area contributed by atoms with Crippen LogP contribution in [0.5, 0.6) is 0 Å². The average Bonchev–Trinajstić information content (AvgIpc) is 3.00. The van der Waals surface area contributed by atoms with Crippen molar-refractivity contribution < 1.29 is 0 Å². The van der Waals surface area contributed by atoms with Crippen LogP contribution in [0.4, 0.5) is 0 Å². The van der Waals surface area contributed by atoms with Gasteiger partial charge in [-0.2, -0.15) is 0 Å². The Labute approximate surface area is 142 Å². The molecule has 2 aromatic rings. The fraction of sp³-hybridized carbons (Fsp3) is 0.562. The summed E-state index contributed by atoms with van der Waals surface area (Å²) in [7, 11) is 1.89. The van der Waals surface area contributed by atoms with Crippen molar-refractivity contribution in [2.45, 2.75) is 25.9 Å². The van der Waals surface area contributed by atoms with Gasteiger partial charge in [0.15, 0.2) is 5.82 Å². The lowest BCUT2D eigenvalue weighted by molar-refractivity contribution is 0.0746. The summed E-state index contributed by atoms with van der Waals surface area (Å²) >= 11 is 5.98. The van der Waals surface area contributed by atoms with Crippen molar-refractivity contribution in [2.24, 2.45) is 7.05 Å². The van der Waals surface area contributed by atoms with E-state index in [-0.39, 0.29) is 6.04 Å². The Balaban J connectivity index is 1.60. The number of piperazine rings is 1. The maximum Gasteiger partial charge on any atom is 0.167 e. The van der Waals surface area contributed by atoms with Crippen LogP contribution in [-0.4, -0.2) is 56.2 Å². The van der Waals surface area contributed by atoms with Gasteiger partial charge in [0.05, 0.1) is 6.04 Å². The van der Waals surface area contributed by atoms with Gasteiger partial charge in [0, 0.05) is 44.3 Å². The fourth-order valence-corrected chi connectivity index (χ4v) is 3.34. The predicted octanol–water partition coefficient (Wildman–Crippen LogP) is 2.30. The van der Waals surface area contributed by atoms with Crippen LogP contribution in [0.25, 0.3) is 0 Å². The number of rotatable bonds is 4. The summed E-state index contributed by atoms with van der Waals surface area (Å²) in [5, 5.41) is 12.6. The number of hydrogen-bond acceptors (Lipinski definition) is 5. The summed E-state index contributed by atoms with van der Waals surface area (Å²) in [6.45, 7) is 8.55. The molecule has 6 nitrogen and oxygen atoms in total. The summed E-state index contributed by atoms with van der Waals surface area (Å²) in [6, 6.07) is 8.81. The van der Waals surface area contributed by atoms with E-state index in [1.165, 1.54) is 5.56 Å². The number of tetrazole rings is 1. The molecule has 1 fully saturated rings. The summed E-state index contributed by atoms with van der Waals surface area (Å²) in [4.78, 5) is 4.96. The standard InChI is InChI=1S/C16H23ClN6/c1-12(14-4-6-15(17)7-5-14)22-8-10-23(11-9-22)13(2)16-18-19-20-21(16)3/h4-7,12-13H,8-11H2,1-3H3/t12-,13-/m1/s1. The lowest BCUT2D eigenvalue weighted by Gasteiger charge is -2.40. The number of nitrogens with zero attached hydrogens (tertiary/aromatic N) is 6. The molecule has 0 saturated carbocycles. The van der Waals surface area contributed by atoms with E-state index in [2.05, 4.69) is 51.3 Å². The molecule has 1 aliphatic heterocycles. The highest BCUT2D eigenvalue weighted by Crippen LogP contribution is 2.25. The lowest BCUT2D eigenvalue weighted by atomic mass is 10.1. The Hall–Kier alpha value is -1.50. The molecule has 7 heteroatoms. The van der Waals surface area contributed by atoms with Crippen LogP contribution in [0.1, 0.15) is 37.3 Å². The zero-order valence-corrected chi connectivity index (χ0v) is 14.6. The zero-order valence-electron chi connectivity index (χ0n) is 13.9. The minimum absolute atomic E-state index is 0.239. The van der Waals surface area contributed by atoms with Crippen LogP contribution in [0.2, 0.25) is 5.02 Å². The molecule has 2 heterocycles. The predicted molar refractivity (Wildman–Crippen MR) is 90.2 cm³/mol. The van der Waals surface area contributed by atoms with Crippen LogP contribution in [0.3, 0.4) is 0 Å². The van der Waals surface area contributed by atoms with Crippen molar-refractivity contribution in [2.75, 3.05) is 26.2 Å². The van der Waals surface area contributed by atoms with Crippen molar-refractivity contribution in [3.8, 4) is 0 Å². The molecule has 3 rings (SSSR count). The van der Waals surface area contributed by atoms with Crippen molar-refractivity contribution in [3.05, 3.63) is 40.7 Å². The first-order valence-corrected chi connectivity index (χ1v) is 8.40. The van der Waals surface area contributed by atoms with Gasteiger partial charge in [0.25, 0.3) is 0 Å². The second-order valence-corrected chi connectivity index (χ2v) is 6.57. The molecule has 0 aliphatic carbocycles. The third kappa shape index (κ3) is 3.54. The van der Waals surface area contributed by atoms with E-state index in [0.29, 0.717) is 6.04 Å². The van der Waals surface area contributed by atoms with E-state index in [1.807, 2.05) is 19.2 Å². The van der Waals surface area contributed by atoms with Crippen molar-refractivity contribution >= 4 is 11.6 Å². The molecule has 0 amide bonds. The molecule has 1 saturated heterocycles. The Morgan fingerprint density at radius 3 is 2.04 bits per heavy atom. The first kappa shape index (κ1) is 16.4. The van der Waals surface area contributed by atoms with Gasteiger partial charge in [0.2, 0.25) is 0 Å². The Kier molecular flexibility index (Phi) is 4.94. The zero-order chi connectivity index (χ0) is 16.4. The van der Waals surface area contributed by atoms with E-state index in [1.54, 1.807) is 4.68 Å². The number of aromatic nitrogens is 4. The molecule has 0 spiro atoms. The molecule has 2 atom stereocenters. The Morgan fingerprint density at radius 1 is 0.957 bits per heavy atom. The first-order chi connectivity index (χ1) is 11.1. The first-order valence-electron chi connectivity index (χ1n) is 8.02. The summed E-state index contributed by atoms with van der Waals surface area (Å²) < 4.78 is 1.76. The lowest BCUT2D eigenvalue weighted by Crippen LogP contribution is -2.48. The van der Waals surface area contributed by atoms with Gasteiger partial charge in [0.1, 0.15) is 0 Å². The van der Waals surface area contributed by atoms with E-state index < -0.39 is 0 Å². The average molecular weight is 335 g/mol. The van der Waals surface area contributed by atoms with E-state index >= 15 is 0 Å². The normalized spacial score (nSPS) is 19.7. The molecular weight excluding hydrogens is 312 g/mol. The summed E-state index contributed by atoms with van der Waals surface area (Å²) in [5.74, 6) is 0.921. The van der Waals surface area contributed by atoms with E-state index in [0.717, 1.165) is 37.0 Å². The number of hydrogen-bond donors (Lipinski definition) is 0. The second kappa shape index (κ2) is 6.95. The third-order valence-corrected chi connectivity index (χ3v) is 5.08. The minimum Gasteiger partial charge on any atom is -0.294 e. The molecule has 0 N–H and O–H groups in total. The topological polar surface area (TPSA) is 50.1 Å². The molecule has 0 bridgehead atoms. The number of aryl methyl sites for hydroxylation is 1. The highest BCUT2D eigenvalue weighted by molar-refractivity contribution is 6.30. The largest absolute Gasteiger partial charge is 0.294 e. The molecule has 23 heavy (non-hydrogen) atoms. The van der Waals surface area contributed by atoms with Gasteiger partial charge in [-0.05, 0) is 42.0 Å². The number of benzene rings is 1. The SMILES string of the molecule is C[C@H](c1ccc(Cl)cc1)N1CCN([C@H](C)c2nnnn2C)CC1. The quantitative estimate of drug-likeness (QED) is 0.858. The smallest absolute Gasteiger partial charge is 0.167 e. The van der Waals surface area contributed by atoms with Crippen molar-refractivity contribution in [1.82, 2.24) is 30.0 Å². The molecule has 124 valence electrons. The molecule has 0 radical (unpaired) electrons. The van der Waals surface area contributed by atoms with Crippen molar-refractivity contribution in [3.63, 3.8) is 0 Å². The van der Waals surface area contributed by atoms with Gasteiger partial charge in [-0.3, -0.25) is 9.80 Å². The van der Waals surface area contributed by atoms with E-state index in [9.17, 15) is 0 Å². The number of halogens is 1. The highest BCUT2D eigenvalue weighted by Gasteiger charge is 2.27. The van der Waals surface area contributed by atoms with Gasteiger partial charge < -0.3 is 0 Å². The summed E-state index contributed by atoms with van der Waals surface area (Å²) in [6.07, 6.45) is 0. The van der Waals surface area contributed by atoms with E-state index in [4.69, 9.17) is 11.6 Å². The molecule has 1 aromatic carbocycles. The maximum absolute atomic E-state index is 5.98. The van der Waals surface area contributed by atoms with Gasteiger partial charge in [-0.25, -0.2) is 4.68 Å². The fourth-order valence-electron chi connectivity index (χ4n) is 3.22. The van der Waals surface area contributed by atoms with Crippen LogP contribution >= 0.6 is 11.6 Å². The van der Waals surface area contributed by atoms with Crippen molar-refractivity contribution in [1.29, 1.82) is 0 Å². The van der Waals surface area contributed by atoms with Crippen LogP contribution in [-0.2, 0) is 7.05 Å². The molecule has 1 aliphatic rings. The highest BCUT2D eigenvalue weighted by atomic mass is 35.5. The maximum atomic E-state index is 5.98. The van der Waals surface area contributed by atoms with Crippen LogP contribution < -0.4 is 0 Å². The monoisotopic (exact) mass is 334 g/mol. The van der Waals surface area contributed by atoms with Crippen LogP contribution in [0.15, 0.2) is 24.3 Å². The Bertz CT molecular complexity index is 632. The van der Waals surface area contributed by atoms with Gasteiger partial charge in [-0.15, -0.1) is 5.10 Å². The molecular formula is C16H23ClN6. The second-order valence-electron chi connectivity index (χ2n) is 6.14. The minimum atomic E-state index is 0.239. The summed E-state index contributed by atoms with van der Waals surface area (Å²) in [5.41, 5.74) is 1.31. The van der Waals surface area contributed by atoms with Gasteiger partial charge in [-0.1, -0.05) is 23.7 Å². The Morgan fingerprint density at radius 2 is 1.52 bits per heavy atom. The van der Waals surface area contributed by atoms with Gasteiger partial charge >= 0.3 is 0 Å². The van der Waals surface area contributed by atoms with Crippen LogP contribution in [0, 0.1) is 0 Å². The molecule has 0 unspecified atom stereocenters. The molecule has 1 aromatic heterocycles.